The number of aryl methyl sites for hydroxylation is 2. The van der Waals surface area contributed by atoms with Crippen LogP contribution in [0, 0.1) is 13.8 Å². The third kappa shape index (κ3) is 4.51. The van der Waals surface area contributed by atoms with Gasteiger partial charge in [-0.3, -0.25) is 9.59 Å². The molecule has 0 radical (unpaired) electrons. The minimum absolute atomic E-state index is 0.0449. The Morgan fingerprint density at radius 1 is 1.08 bits per heavy atom. The molecule has 0 aliphatic rings. The Morgan fingerprint density at radius 3 is 2.69 bits per heavy atom. The standard InChI is InChI=1S/C21H22N2O3/c1-14-4-3-5-18(11-14)26-13-20(24)22-9-8-16-12-17-10-15(2)6-7-19(17)23-21(16)25/h3-7,10-12H,8-9,13H2,1-2H3,(H,22,24)(H,23,25). The van der Waals surface area contributed by atoms with Gasteiger partial charge in [-0.15, -0.1) is 0 Å². The van der Waals surface area contributed by atoms with Crippen molar-refractivity contribution in [3.05, 3.63) is 75.6 Å². The van der Waals surface area contributed by atoms with Crippen molar-refractivity contribution in [3.8, 4) is 5.75 Å². The molecule has 1 heterocycles. The first-order valence-electron chi connectivity index (χ1n) is 8.60. The molecule has 5 nitrogen and oxygen atoms in total. The quantitative estimate of drug-likeness (QED) is 0.718. The molecule has 134 valence electrons. The molecule has 2 aromatic carbocycles. The van der Waals surface area contributed by atoms with E-state index in [2.05, 4.69) is 10.3 Å². The molecule has 1 amide bonds. The van der Waals surface area contributed by atoms with Gasteiger partial charge in [-0.05, 0) is 61.5 Å². The van der Waals surface area contributed by atoms with Crippen LogP contribution in [0.3, 0.4) is 0 Å². The molecule has 0 fully saturated rings. The minimum Gasteiger partial charge on any atom is -0.484 e. The Kier molecular flexibility index (Phi) is 5.37. The van der Waals surface area contributed by atoms with Gasteiger partial charge in [0.15, 0.2) is 6.61 Å². The number of amides is 1. The maximum atomic E-state index is 12.1. The number of benzene rings is 2. The molecule has 0 bridgehead atoms. The van der Waals surface area contributed by atoms with Gasteiger partial charge in [-0.25, -0.2) is 0 Å². The Morgan fingerprint density at radius 2 is 1.88 bits per heavy atom. The van der Waals surface area contributed by atoms with Crippen LogP contribution in [0.2, 0.25) is 0 Å². The number of hydrogen-bond donors (Lipinski definition) is 2. The number of H-pyrrole nitrogens is 1. The fourth-order valence-electron chi connectivity index (χ4n) is 2.80. The molecule has 0 aliphatic heterocycles. The lowest BCUT2D eigenvalue weighted by Crippen LogP contribution is -2.31. The smallest absolute Gasteiger partial charge is 0.257 e. The van der Waals surface area contributed by atoms with E-state index in [1.54, 1.807) is 0 Å². The topological polar surface area (TPSA) is 71.2 Å². The first-order chi connectivity index (χ1) is 12.5. The fourth-order valence-corrected chi connectivity index (χ4v) is 2.80. The first-order valence-corrected chi connectivity index (χ1v) is 8.60. The Balaban J connectivity index is 1.54. The number of aromatic nitrogens is 1. The predicted molar refractivity (Wildman–Crippen MR) is 103 cm³/mol. The maximum absolute atomic E-state index is 12.1. The van der Waals surface area contributed by atoms with E-state index < -0.39 is 0 Å². The molecule has 0 saturated heterocycles. The van der Waals surface area contributed by atoms with Crippen molar-refractivity contribution in [1.82, 2.24) is 10.3 Å². The number of fused-ring (bicyclic) bond motifs is 1. The normalized spacial score (nSPS) is 10.7. The highest BCUT2D eigenvalue weighted by atomic mass is 16.5. The van der Waals surface area contributed by atoms with Crippen molar-refractivity contribution in [1.29, 1.82) is 0 Å². The number of rotatable bonds is 6. The molecule has 0 atom stereocenters. The molecule has 0 unspecified atom stereocenters. The van der Waals surface area contributed by atoms with Crippen LogP contribution in [0.15, 0.2) is 53.3 Å². The van der Waals surface area contributed by atoms with E-state index in [-0.39, 0.29) is 18.1 Å². The first kappa shape index (κ1) is 17.7. The third-order valence-electron chi connectivity index (χ3n) is 4.15. The zero-order valence-corrected chi connectivity index (χ0v) is 15.0. The molecule has 5 heteroatoms. The summed E-state index contributed by atoms with van der Waals surface area (Å²) in [6.45, 7) is 4.32. The van der Waals surface area contributed by atoms with E-state index in [9.17, 15) is 9.59 Å². The monoisotopic (exact) mass is 350 g/mol. The Labute approximate surface area is 152 Å². The highest BCUT2D eigenvalue weighted by molar-refractivity contribution is 5.80. The van der Waals surface area contributed by atoms with Gasteiger partial charge in [-0.1, -0.05) is 23.8 Å². The van der Waals surface area contributed by atoms with Crippen molar-refractivity contribution in [2.45, 2.75) is 20.3 Å². The number of nitrogens with one attached hydrogen (secondary N) is 2. The van der Waals surface area contributed by atoms with E-state index in [0.29, 0.717) is 24.3 Å². The lowest BCUT2D eigenvalue weighted by Gasteiger charge is -2.08. The van der Waals surface area contributed by atoms with Crippen LogP contribution >= 0.6 is 0 Å². The van der Waals surface area contributed by atoms with Crippen LogP contribution in [-0.2, 0) is 11.2 Å². The zero-order valence-electron chi connectivity index (χ0n) is 15.0. The summed E-state index contributed by atoms with van der Waals surface area (Å²) in [4.78, 5) is 26.9. The average molecular weight is 350 g/mol. The predicted octanol–water partition coefficient (Wildman–Crippen LogP) is 2.88. The molecule has 0 aliphatic carbocycles. The van der Waals surface area contributed by atoms with Crippen LogP contribution in [0.25, 0.3) is 10.9 Å². The maximum Gasteiger partial charge on any atom is 0.257 e. The summed E-state index contributed by atoms with van der Waals surface area (Å²) in [6.07, 6.45) is 0.468. The second kappa shape index (κ2) is 7.87. The molecule has 3 rings (SSSR count). The van der Waals surface area contributed by atoms with Gasteiger partial charge in [0.25, 0.3) is 11.5 Å². The van der Waals surface area contributed by atoms with Crippen molar-refractivity contribution in [2.24, 2.45) is 0 Å². The van der Waals surface area contributed by atoms with Gasteiger partial charge in [0.05, 0.1) is 0 Å². The second-order valence-electron chi connectivity index (χ2n) is 6.42. The summed E-state index contributed by atoms with van der Waals surface area (Å²) < 4.78 is 5.47. The lowest BCUT2D eigenvalue weighted by molar-refractivity contribution is -0.123. The average Bonchev–Trinajstić information content (AvgIpc) is 2.61. The lowest BCUT2D eigenvalue weighted by atomic mass is 10.1. The number of hydrogen-bond acceptors (Lipinski definition) is 3. The van der Waals surface area contributed by atoms with E-state index in [1.807, 2.05) is 62.4 Å². The Bertz CT molecular complexity index is 992. The van der Waals surface area contributed by atoms with Gasteiger partial charge in [-0.2, -0.15) is 0 Å². The van der Waals surface area contributed by atoms with Gasteiger partial charge in [0.2, 0.25) is 0 Å². The van der Waals surface area contributed by atoms with Crippen molar-refractivity contribution >= 4 is 16.8 Å². The number of carbonyl (C=O) groups excluding carboxylic acids is 1. The van der Waals surface area contributed by atoms with Crippen molar-refractivity contribution < 1.29 is 9.53 Å². The summed E-state index contributed by atoms with van der Waals surface area (Å²) in [7, 11) is 0. The SMILES string of the molecule is Cc1cccc(OCC(=O)NCCc2cc3cc(C)ccc3[nH]c2=O)c1. The molecule has 2 N–H and O–H groups in total. The number of ether oxygens (including phenoxy) is 1. The zero-order chi connectivity index (χ0) is 18.5. The van der Waals surface area contributed by atoms with Gasteiger partial charge < -0.3 is 15.0 Å². The van der Waals surface area contributed by atoms with Crippen LogP contribution < -0.4 is 15.6 Å². The summed E-state index contributed by atoms with van der Waals surface area (Å²) in [5.74, 6) is 0.459. The van der Waals surface area contributed by atoms with Gasteiger partial charge in [0.1, 0.15) is 5.75 Å². The molecule has 1 aromatic heterocycles. The third-order valence-corrected chi connectivity index (χ3v) is 4.15. The minimum atomic E-state index is -0.209. The molecule has 3 aromatic rings. The molecule has 26 heavy (non-hydrogen) atoms. The summed E-state index contributed by atoms with van der Waals surface area (Å²) in [5, 5.41) is 3.78. The second-order valence-corrected chi connectivity index (χ2v) is 6.42. The highest BCUT2D eigenvalue weighted by Gasteiger charge is 2.06. The summed E-state index contributed by atoms with van der Waals surface area (Å²) in [6, 6.07) is 15.3. The van der Waals surface area contributed by atoms with Crippen LogP contribution in [0.4, 0.5) is 0 Å². The van der Waals surface area contributed by atoms with Crippen molar-refractivity contribution in [2.75, 3.05) is 13.2 Å². The van der Waals surface area contributed by atoms with Crippen LogP contribution in [0.1, 0.15) is 16.7 Å². The number of carbonyl (C=O) groups is 1. The Hall–Kier alpha value is -3.08. The largest absolute Gasteiger partial charge is 0.484 e. The fraction of sp³-hybridized carbons (Fsp3) is 0.238. The highest BCUT2D eigenvalue weighted by Crippen LogP contribution is 2.13. The van der Waals surface area contributed by atoms with E-state index in [0.717, 1.165) is 22.0 Å². The molecular weight excluding hydrogens is 328 g/mol. The summed E-state index contributed by atoms with van der Waals surface area (Å²) >= 11 is 0. The van der Waals surface area contributed by atoms with Crippen LogP contribution in [0.5, 0.6) is 5.75 Å². The number of aromatic amines is 1. The van der Waals surface area contributed by atoms with Crippen molar-refractivity contribution in [3.63, 3.8) is 0 Å². The summed E-state index contributed by atoms with van der Waals surface area (Å²) in [5.41, 5.74) is 3.57. The molecule has 0 saturated carbocycles. The van der Waals surface area contributed by atoms with E-state index >= 15 is 0 Å². The van der Waals surface area contributed by atoms with E-state index in [1.165, 1.54) is 0 Å². The van der Waals surface area contributed by atoms with E-state index in [4.69, 9.17) is 4.74 Å². The molecule has 0 spiro atoms. The molecular formula is C21H22N2O3. The number of pyridine rings is 1. The van der Waals surface area contributed by atoms with Crippen LogP contribution in [-0.4, -0.2) is 24.0 Å². The van der Waals surface area contributed by atoms with Gasteiger partial charge in [0, 0.05) is 17.6 Å². The van der Waals surface area contributed by atoms with Gasteiger partial charge >= 0.3 is 0 Å².